The summed E-state index contributed by atoms with van der Waals surface area (Å²) in [5.74, 6) is 1.32. The van der Waals surface area contributed by atoms with Gasteiger partial charge in [-0.3, -0.25) is 4.79 Å². The Bertz CT molecular complexity index is 520. The van der Waals surface area contributed by atoms with E-state index in [0.717, 1.165) is 31.1 Å². The van der Waals surface area contributed by atoms with Crippen molar-refractivity contribution in [1.82, 2.24) is 0 Å². The summed E-state index contributed by atoms with van der Waals surface area (Å²) in [5, 5.41) is 9.71. The van der Waals surface area contributed by atoms with Crippen LogP contribution in [0.2, 0.25) is 0 Å². The molecule has 0 saturated heterocycles. The Morgan fingerprint density at radius 1 is 0.957 bits per heavy atom. The average Bonchev–Trinajstić information content (AvgIpc) is 2.78. The monoisotopic (exact) mass is 319 g/mol. The van der Waals surface area contributed by atoms with Gasteiger partial charge in [0.2, 0.25) is 0 Å². The van der Waals surface area contributed by atoms with Gasteiger partial charge in [-0.15, -0.1) is 0 Å². The molecule has 3 nitrogen and oxygen atoms in total. The number of hydrogen-bond donors (Lipinski definition) is 2. The largest absolute Gasteiger partial charge is 0.481 e. The van der Waals surface area contributed by atoms with Crippen molar-refractivity contribution in [3.63, 3.8) is 0 Å². The van der Waals surface area contributed by atoms with Gasteiger partial charge in [0.15, 0.2) is 0 Å². The molecule has 4 fully saturated rings. The molecule has 0 aromatic rings. The molecule has 0 aliphatic heterocycles. The van der Waals surface area contributed by atoms with Crippen LogP contribution < -0.4 is 5.73 Å². The Labute approximate surface area is 140 Å². The van der Waals surface area contributed by atoms with Crippen LogP contribution in [0.25, 0.3) is 0 Å². The van der Waals surface area contributed by atoms with E-state index in [1.807, 2.05) is 0 Å². The molecule has 3 N–H and O–H groups in total. The number of carboxylic acids is 1. The average molecular weight is 319 g/mol. The van der Waals surface area contributed by atoms with Crippen LogP contribution in [-0.2, 0) is 4.79 Å². The number of rotatable bonds is 1. The zero-order chi connectivity index (χ0) is 16.5. The summed E-state index contributed by atoms with van der Waals surface area (Å²) in [5.41, 5.74) is 7.13. The third kappa shape index (κ3) is 1.89. The number of carbonyl (C=O) groups is 1. The zero-order valence-electron chi connectivity index (χ0n) is 14.8. The molecular weight excluding hydrogens is 286 g/mol. The van der Waals surface area contributed by atoms with E-state index in [4.69, 9.17) is 5.73 Å². The molecule has 0 heterocycles. The van der Waals surface area contributed by atoms with Crippen LogP contribution >= 0.6 is 0 Å². The van der Waals surface area contributed by atoms with Crippen LogP contribution in [0.4, 0.5) is 0 Å². The molecule has 0 bridgehead atoms. The lowest BCUT2D eigenvalue weighted by Crippen LogP contribution is -2.66. The standard InChI is InChI=1S/C20H33NO2/c1-18-10-4-3-5-13(18)6-7-15-14(18)8-11-19(2)16(17(22)23)9-12-20(15,19)21/h13-16H,3-12,21H2,1-2H3,(H,22,23)/t13?,14-,15+,16+,18-,19+,20?/m0/s1. The number of nitrogens with two attached hydrogens (primary N) is 1. The smallest absolute Gasteiger partial charge is 0.307 e. The van der Waals surface area contributed by atoms with E-state index in [0.29, 0.717) is 11.3 Å². The molecule has 0 amide bonds. The minimum Gasteiger partial charge on any atom is -0.481 e. The number of carboxylic acid groups (broad SMARTS) is 1. The molecule has 23 heavy (non-hydrogen) atoms. The highest BCUT2D eigenvalue weighted by Crippen LogP contribution is 2.68. The third-order valence-electron chi connectivity index (χ3n) is 9.22. The first-order chi connectivity index (χ1) is 10.8. The van der Waals surface area contributed by atoms with Gasteiger partial charge in [-0.2, -0.15) is 0 Å². The van der Waals surface area contributed by atoms with E-state index in [1.54, 1.807) is 0 Å². The molecular formula is C20H33NO2. The maximum atomic E-state index is 11.8. The van der Waals surface area contributed by atoms with Crippen molar-refractivity contribution < 1.29 is 9.90 Å². The zero-order valence-corrected chi connectivity index (χ0v) is 14.8. The number of hydrogen-bond acceptors (Lipinski definition) is 2. The van der Waals surface area contributed by atoms with Gasteiger partial charge in [-0.05, 0) is 80.0 Å². The second-order valence-electron chi connectivity index (χ2n) is 9.66. The molecule has 4 rings (SSSR count). The topological polar surface area (TPSA) is 63.3 Å². The van der Waals surface area contributed by atoms with E-state index in [2.05, 4.69) is 13.8 Å². The second kappa shape index (κ2) is 4.97. The minimum absolute atomic E-state index is 0.197. The SMILES string of the molecule is C[C@]12CCCCC1CC[C@@H]1[C@@H]2CC[C@]2(C)[C@@H](C(=O)O)CCC12N. The molecule has 7 atom stereocenters. The lowest BCUT2D eigenvalue weighted by atomic mass is 9.43. The molecule has 0 aromatic heterocycles. The fourth-order valence-electron chi connectivity index (χ4n) is 7.76. The quantitative estimate of drug-likeness (QED) is 0.761. The van der Waals surface area contributed by atoms with E-state index in [1.165, 1.54) is 44.9 Å². The fraction of sp³-hybridized carbons (Fsp3) is 0.950. The highest BCUT2D eigenvalue weighted by molar-refractivity contribution is 5.72. The van der Waals surface area contributed by atoms with Crippen LogP contribution in [0.3, 0.4) is 0 Å². The van der Waals surface area contributed by atoms with Crippen molar-refractivity contribution >= 4 is 5.97 Å². The Balaban J connectivity index is 1.70. The normalized spacial score (nSPS) is 55.6. The van der Waals surface area contributed by atoms with Crippen molar-refractivity contribution in [3.05, 3.63) is 0 Å². The van der Waals surface area contributed by atoms with Gasteiger partial charge >= 0.3 is 5.97 Å². The van der Waals surface area contributed by atoms with E-state index < -0.39 is 5.97 Å². The van der Waals surface area contributed by atoms with Crippen molar-refractivity contribution in [1.29, 1.82) is 0 Å². The predicted octanol–water partition coefficient (Wildman–Crippen LogP) is 4.20. The third-order valence-corrected chi connectivity index (χ3v) is 9.22. The molecule has 0 radical (unpaired) electrons. The predicted molar refractivity (Wildman–Crippen MR) is 90.9 cm³/mol. The van der Waals surface area contributed by atoms with Crippen LogP contribution in [0.5, 0.6) is 0 Å². The van der Waals surface area contributed by atoms with Crippen molar-refractivity contribution in [2.45, 2.75) is 83.6 Å². The van der Waals surface area contributed by atoms with Crippen LogP contribution in [0.15, 0.2) is 0 Å². The van der Waals surface area contributed by atoms with Crippen LogP contribution in [-0.4, -0.2) is 16.6 Å². The van der Waals surface area contributed by atoms with Crippen molar-refractivity contribution in [3.8, 4) is 0 Å². The highest BCUT2D eigenvalue weighted by Gasteiger charge is 2.67. The first-order valence-electron chi connectivity index (χ1n) is 9.85. The van der Waals surface area contributed by atoms with Gasteiger partial charge in [0, 0.05) is 5.54 Å². The van der Waals surface area contributed by atoms with Gasteiger partial charge in [-0.25, -0.2) is 0 Å². The van der Waals surface area contributed by atoms with Crippen LogP contribution in [0.1, 0.15) is 78.1 Å². The molecule has 3 heteroatoms. The summed E-state index contributed by atoms with van der Waals surface area (Å²) >= 11 is 0. The summed E-state index contributed by atoms with van der Waals surface area (Å²) in [4.78, 5) is 11.8. The van der Waals surface area contributed by atoms with E-state index in [-0.39, 0.29) is 16.9 Å². The molecule has 0 aromatic carbocycles. The first kappa shape index (κ1) is 15.9. The lowest BCUT2D eigenvalue weighted by Gasteiger charge is -2.63. The Kier molecular flexibility index (Phi) is 3.44. The summed E-state index contributed by atoms with van der Waals surface area (Å²) in [7, 11) is 0. The van der Waals surface area contributed by atoms with Gasteiger partial charge in [0.25, 0.3) is 0 Å². The minimum atomic E-state index is -0.615. The van der Waals surface area contributed by atoms with E-state index in [9.17, 15) is 9.90 Å². The summed E-state index contributed by atoms with van der Waals surface area (Å²) in [6.45, 7) is 4.74. The van der Waals surface area contributed by atoms with Gasteiger partial charge in [-0.1, -0.05) is 26.7 Å². The maximum absolute atomic E-state index is 11.8. The second-order valence-corrected chi connectivity index (χ2v) is 9.66. The van der Waals surface area contributed by atoms with Gasteiger partial charge in [0.05, 0.1) is 5.92 Å². The number of aliphatic carboxylic acids is 1. The first-order valence-corrected chi connectivity index (χ1v) is 9.85. The Hall–Kier alpha value is -0.570. The van der Waals surface area contributed by atoms with Gasteiger partial charge in [0.1, 0.15) is 0 Å². The number of fused-ring (bicyclic) bond motifs is 5. The fourth-order valence-corrected chi connectivity index (χ4v) is 7.76. The molecule has 2 unspecified atom stereocenters. The van der Waals surface area contributed by atoms with Crippen LogP contribution in [0, 0.1) is 34.5 Å². The molecule has 4 saturated carbocycles. The summed E-state index contributed by atoms with van der Waals surface area (Å²) in [6, 6.07) is 0. The highest BCUT2D eigenvalue weighted by atomic mass is 16.4. The molecule has 4 aliphatic carbocycles. The van der Waals surface area contributed by atoms with E-state index >= 15 is 0 Å². The lowest BCUT2D eigenvalue weighted by molar-refractivity contribution is -0.154. The molecule has 0 spiro atoms. The van der Waals surface area contributed by atoms with Crippen molar-refractivity contribution in [2.75, 3.05) is 0 Å². The summed E-state index contributed by atoms with van der Waals surface area (Å²) in [6.07, 6.45) is 12.1. The summed E-state index contributed by atoms with van der Waals surface area (Å²) < 4.78 is 0. The Morgan fingerprint density at radius 2 is 1.74 bits per heavy atom. The Morgan fingerprint density at radius 3 is 2.48 bits per heavy atom. The molecule has 4 aliphatic rings. The maximum Gasteiger partial charge on any atom is 0.307 e. The van der Waals surface area contributed by atoms with Gasteiger partial charge < -0.3 is 10.8 Å². The van der Waals surface area contributed by atoms with Crippen molar-refractivity contribution in [2.24, 2.45) is 40.2 Å². The molecule has 130 valence electrons.